The number of hydrogen-bond donors (Lipinski definition) is 2. The first-order chi connectivity index (χ1) is 17.5. The summed E-state index contributed by atoms with van der Waals surface area (Å²) in [4.78, 5) is 52.1. The number of rotatable bonds is 8. The van der Waals surface area contributed by atoms with E-state index in [0.29, 0.717) is 10.9 Å². The number of Topliss-reactive ketones (excluding diaryl/α,β-unsaturated/α-hetero) is 1. The average molecular weight is 560 g/mol. The fourth-order valence-corrected chi connectivity index (χ4v) is 5.00. The number of carbonyl (C=O) groups excluding carboxylic acids is 2. The summed E-state index contributed by atoms with van der Waals surface area (Å²) in [5, 5.41) is 18.9. The minimum absolute atomic E-state index is 0.0119. The molecule has 0 spiro atoms. The molecule has 13 heteroatoms. The molecule has 0 aliphatic carbocycles. The average Bonchev–Trinajstić information content (AvgIpc) is 3.58. The van der Waals surface area contributed by atoms with Crippen LogP contribution < -0.4 is 10.9 Å². The molecule has 2 N–H and O–H groups in total. The molecule has 4 rings (SSSR count). The summed E-state index contributed by atoms with van der Waals surface area (Å²) in [6, 6.07) is 7.83. The first-order valence-corrected chi connectivity index (χ1v) is 13.0. The normalized spacial score (nSPS) is 11.5. The predicted molar refractivity (Wildman–Crippen MR) is 142 cm³/mol. The third-order valence-electron chi connectivity index (χ3n) is 5.31. The molecule has 0 amide bonds. The smallest absolute Gasteiger partial charge is 0.336 e. The maximum Gasteiger partial charge on any atom is 0.336 e. The van der Waals surface area contributed by atoms with Crippen LogP contribution in [0.15, 0.2) is 46.7 Å². The molecular weight excluding hydrogens is 538 g/mol. The SMILES string of the molecule is CC(C)(C)C(=O)n1nc(-c2c(C(=O)O)ccn(CC(=O)c3ccsn3)c2=O)cc1NCc1ccc(Cl)s1. The molecule has 0 fully saturated rings. The molecule has 10 nitrogen and oxygen atoms in total. The molecule has 4 aromatic heterocycles. The van der Waals surface area contributed by atoms with Crippen molar-refractivity contribution in [2.45, 2.75) is 33.9 Å². The number of carbonyl (C=O) groups is 3. The van der Waals surface area contributed by atoms with Crippen LogP contribution in [0.3, 0.4) is 0 Å². The van der Waals surface area contributed by atoms with E-state index in [-0.39, 0.29) is 40.8 Å². The van der Waals surface area contributed by atoms with E-state index in [1.165, 1.54) is 29.7 Å². The molecule has 0 bridgehead atoms. The molecule has 0 unspecified atom stereocenters. The van der Waals surface area contributed by atoms with Crippen LogP contribution >= 0.6 is 34.5 Å². The Balaban J connectivity index is 1.80. The van der Waals surface area contributed by atoms with Crippen LogP contribution in [0, 0.1) is 5.41 Å². The van der Waals surface area contributed by atoms with Gasteiger partial charge in [0.1, 0.15) is 17.2 Å². The number of halogens is 1. The van der Waals surface area contributed by atoms with Gasteiger partial charge in [-0.05, 0) is 35.8 Å². The highest BCUT2D eigenvalue weighted by molar-refractivity contribution is 7.16. The fraction of sp³-hybridized carbons (Fsp3) is 0.250. The number of aromatic nitrogens is 4. The predicted octanol–water partition coefficient (Wildman–Crippen LogP) is 4.76. The van der Waals surface area contributed by atoms with Crippen LogP contribution in [0.5, 0.6) is 0 Å². The number of ketones is 1. The molecule has 0 saturated heterocycles. The van der Waals surface area contributed by atoms with Crippen molar-refractivity contribution in [3.05, 3.63) is 72.7 Å². The first-order valence-electron chi connectivity index (χ1n) is 11.0. The van der Waals surface area contributed by atoms with E-state index in [4.69, 9.17) is 11.6 Å². The lowest BCUT2D eigenvalue weighted by Crippen LogP contribution is -2.29. The van der Waals surface area contributed by atoms with Crippen LogP contribution in [0.25, 0.3) is 11.3 Å². The number of nitrogens with one attached hydrogen (secondary N) is 1. The van der Waals surface area contributed by atoms with E-state index in [2.05, 4.69) is 14.8 Å². The minimum Gasteiger partial charge on any atom is -0.478 e. The van der Waals surface area contributed by atoms with Gasteiger partial charge in [0, 0.05) is 27.9 Å². The molecule has 0 aliphatic rings. The Morgan fingerprint density at radius 2 is 1.92 bits per heavy atom. The summed E-state index contributed by atoms with van der Waals surface area (Å²) < 4.78 is 6.84. The van der Waals surface area contributed by atoms with Crippen molar-refractivity contribution in [2.75, 3.05) is 5.32 Å². The van der Waals surface area contributed by atoms with Gasteiger partial charge in [-0.3, -0.25) is 14.4 Å². The Kier molecular flexibility index (Phi) is 7.44. The molecule has 0 atom stereocenters. The minimum atomic E-state index is -1.34. The number of pyridine rings is 1. The van der Waals surface area contributed by atoms with Gasteiger partial charge in [-0.1, -0.05) is 32.4 Å². The van der Waals surface area contributed by atoms with E-state index in [1.54, 1.807) is 38.3 Å². The number of carboxylic acids is 1. The second-order valence-electron chi connectivity index (χ2n) is 9.09. The molecule has 4 heterocycles. The van der Waals surface area contributed by atoms with Crippen LogP contribution in [0.1, 0.15) is 51.3 Å². The number of nitrogens with zero attached hydrogens (tertiary/aromatic N) is 4. The maximum atomic E-state index is 13.4. The molecule has 37 heavy (non-hydrogen) atoms. The summed E-state index contributed by atoms with van der Waals surface area (Å²) in [6.07, 6.45) is 1.25. The van der Waals surface area contributed by atoms with Gasteiger partial charge in [0.05, 0.1) is 28.6 Å². The van der Waals surface area contributed by atoms with Crippen molar-refractivity contribution < 1.29 is 19.5 Å². The highest BCUT2D eigenvalue weighted by Crippen LogP contribution is 2.28. The van der Waals surface area contributed by atoms with Crippen molar-refractivity contribution in [3.8, 4) is 11.3 Å². The van der Waals surface area contributed by atoms with E-state index >= 15 is 0 Å². The molecule has 0 aromatic carbocycles. The molecule has 0 aliphatic heterocycles. The summed E-state index contributed by atoms with van der Waals surface area (Å²) in [7, 11) is 0. The molecule has 0 radical (unpaired) electrons. The quantitative estimate of drug-likeness (QED) is 0.295. The largest absolute Gasteiger partial charge is 0.478 e. The van der Waals surface area contributed by atoms with Crippen LogP contribution in [-0.2, 0) is 13.1 Å². The van der Waals surface area contributed by atoms with Crippen molar-refractivity contribution in [1.29, 1.82) is 0 Å². The zero-order valence-corrected chi connectivity index (χ0v) is 22.4. The summed E-state index contributed by atoms with van der Waals surface area (Å²) in [6.45, 7) is 5.17. The Hall–Kier alpha value is -3.61. The van der Waals surface area contributed by atoms with Crippen LogP contribution in [-0.4, -0.2) is 41.5 Å². The van der Waals surface area contributed by atoms with Crippen molar-refractivity contribution in [2.24, 2.45) is 5.41 Å². The van der Waals surface area contributed by atoms with Crippen LogP contribution in [0.2, 0.25) is 4.34 Å². The van der Waals surface area contributed by atoms with Crippen molar-refractivity contribution in [1.82, 2.24) is 18.7 Å². The van der Waals surface area contributed by atoms with Crippen LogP contribution in [0.4, 0.5) is 5.82 Å². The first kappa shape index (κ1) is 26.5. The Bertz CT molecular complexity index is 1550. The summed E-state index contributed by atoms with van der Waals surface area (Å²) in [5.74, 6) is -1.83. The topological polar surface area (TPSA) is 136 Å². The number of hydrogen-bond acceptors (Lipinski definition) is 9. The van der Waals surface area contributed by atoms with E-state index in [0.717, 1.165) is 25.7 Å². The molecule has 4 aromatic rings. The molecule has 192 valence electrons. The lowest BCUT2D eigenvalue weighted by molar-refractivity contribution is 0.0696. The third kappa shape index (κ3) is 5.71. The zero-order chi connectivity index (χ0) is 26.9. The highest BCUT2D eigenvalue weighted by atomic mass is 35.5. The second-order valence-corrected chi connectivity index (χ2v) is 11.6. The Morgan fingerprint density at radius 3 is 2.51 bits per heavy atom. The standard InChI is InChI=1S/C24H22ClN5O5S2/c1-24(2,3)23(35)30-19(26-11-13-4-5-18(25)37-13)10-16(27-30)20-14(22(33)34)6-8-29(21(20)32)12-17(31)15-7-9-36-28-15/h4-10,26H,11-12H2,1-3H3,(H,33,34). The molecular formula is C24H22ClN5O5S2. The monoisotopic (exact) mass is 559 g/mol. The van der Waals surface area contributed by atoms with E-state index in [1.807, 2.05) is 6.07 Å². The van der Waals surface area contributed by atoms with Gasteiger partial charge in [0.2, 0.25) is 5.78 Å². The highest BCUT2D eigenvalue weighted by Gasteiger charge is 2.29. The summed E-state index contributed by atoms with van der Waals surface area (Å²) >= 11 is 8.49. The Morgan fingerprint density at radius 1 is 1.16 bits per heavy atom. The fourth-order valence-electron chi connectivity index (χ4n) is 3.44. The van der Waals surface area contributed by atoms with Crippen molar-refractivity contribution in [3.63, 3.8) is 0 Å². The number of thiophene rings is 1. The zero-order valence-electron chi connectivity index (χ0n) is 20.0. The Labute approximate surface area is 224 Å². The van der Waals surface area contributed by atoms with E-state index < -0.39 is 22.7 Å². The van der Waals surface area contributed by atoms with Gasteiger partial charge in [0.25, 0.3) is 11.5 Å². The lowest BCUT2D eigenvalue weighted by Gasteiger charge is -2.18. The number of anilines is 1. The van der Waals surface area contributed by atoms with Gasteiger partial charge < -0.3 is 15.0 Å². The number of aromatic carboxylic acids is 1. The molecule has 0 saturated carbocycles. The van der Waals surface area contributed by atoms with Gasteiger partial charge >= 0.3 is 5.97 Å². The lowest BCUT2D eigenvalue weighted by atomic mass is 9.96. The van der Waals surface area contributed by atoms with Gasteiger partial charge in [-0.15, -0.1) is 11.3 Å². The van der Waals surface area contributed by atoms with Crippen molar-refractivity contribution >= 4 is 57.9 Å². The van der Waals surface area contributed by atoms with Gasteiger partial charge in [0.15, 0.2) is 0 Å². The number of carboxylic acid groups (broad SMARTS) is 1. The van der Waals surface area contributed by atoms with E-state index in [9.17, 15) is 24.3 Å². The second kappa shape index (κ2) is 10.4. The van der Waals surface area contributed by atoms with Gasteiger partial charge in [-0.2, -0.15) is 14.2 Å². The maximum absolute atomic E-state index is 13.4. The third-order valence-corrected chi connectivity index (χ3v) is 7.10. The summed E-state index contributed by atoms with van der Waals surface area (Å²) in [5.41, 5.74) is -1.88. The van der Waals surface area contributed by atoms with Gasteiger partial charge in [-0.25, -0.2) is 4.79 Å².